The average Bonchev–Trinajstić information content (AvgIpc) is 2.01. The lowest BCUT2D eigenvalue weighted by molar-refractivity contribution is -0.00474. The molecule has 2 heteroatoms. The van der Waals surface area contributed by atoms with E-state index in [1.165, 1.54) is 32.1 Å². The summed E-state index contributed by atoms with van der Waals surface area (Å²) in [7, 11) is 0. The van der Waals surface area contributed by atoms with Crippen LogP contribution in [0.4, 0.5) is 0 Å². The van der Waals surface area contributed by atoms with Crippen LogP contribution in [0.2, 0.25) is 0 Å². The zero-order valence-corrected chi connectivity index (χ0v) is 9.44. The monoisotopic (exact) mass is 187 g/mol. The van der Waals surface area contributed by atoms with E-state index in [-0.39, 0.29) is 5.60 Å². The lowest BCUT2D eigenvalue weighted by Gasteiger charge is -2.19. The molecule has 2 nitrogen and oxygen atoms in total. The maximum absolute atomic E-state index is 5.61. The van der Waals surface area contributed by atoms with Gasteiger partial charge in [0, 0.05) is 6.61 Å². The van der Waals surface area contributed by atoms with Gasteiger partial charge in [-0.05, 0) is 40.2 Å². The minimum absolute atomic E-state index is 0.0251. The van der Waals surface area contributed by atoms with Gasteiger partial charge in [0.1, 0.15) is 0 Å². The summed E-state index contributed by atoms with van der Waals surface area (Å²) in [5.74, 6) is 0. The number of hydrogen-bond donors (Lipinski definition) is 1. The minimum atomic E-state index is 0.0251. The lowest BCUT2D eigenvalue weighted by Crippen LogP contribution is -2.19. The van der Waals surface area contributed by atoms with Crippen LogP contribution in [0.1, 0.15) is 52.9 Å². The predicted molar refractivity (Wildman–Crippen MR) is 57.8 cm³/mol. The number of ether oxygens (including phenoxy) is 1. The van der Waals surface area contributed by atoms with Gasteiger partial charge in [-0.3, -0.25) is 0 Å². The third-order valence-electron chi connectivity index (χ3n) is 1.88. The van der Waals surface area contributed by atoms with Crippen LogP contribution in [-0.2, 0) is 4.74 Å². The van der Waals surface area contributed by atoms with Gasteiger partial charge in [-0.1, -0.05) is 19.3 Å². The zero-order valence-electron chi connectivity index (χ0n) is 9.44. The Labute approximate surface area is 82.8 Å². The molecule has 13 heavy (non-hydrogen) atoms. The third kappa shape index (κ3) is 11.9. The first-order valence-corrected chi connectivity index (χ1v) is 5.40. The molecule has 0 atom stereocenters. The Bertz CT molecular complexity index is 107. The van der Waals surface area contributed by atoms with Crippen LogP contribution in [0, 0.1) is 0 Å². The number of rotatable bonds is 7. The predicted octanol–water partition coefficient (Wildman–Crippen LogP) is 2.71. The summed E-state index contributed by atoms with van der Waals surface area (Å²) in [4.78, 5) is 0. The van der Waals surface area contributed by atoms with Crippen molar-refractivity contribution in [3.63, 3.8) is 0 Å². The Hall–Kier alpha value is -0.0800. The summed E-state index contributed by atoms with van der Waals surface area (Å²) in [5.41, 5.74) is 5.43. The molecule has 0 heterocycles. The van der Waals surface area contributed by atoms with Gasteiger partial charge < -0.3 is 10.5 Å². The van der Waals surface area contributed by atoms with Crippen molar-refractivity contribution >= 4 is 0 Å². The summed E-state index contributed by atoms with van der Waals surface area (Å²) >= 11 is 0. The van der Waals surface area contributed by atoms with Gasteiger partial charge in [-0.15, -0.1) is 0 Å². The molecule has 0 aliphatic rings. The average molecular weight is 187 g/mol. The molecule has 0 aromatic carbocycles. The van der Waals surface area contributed by atoms with Gasteiger partial charge in [-0.25, -0.2) is 0 Å². The first-order valence-electron chi connectivity index (χ1n) is 5.40. The fraction of sp³-hybridized carbons (Fsp3) is 1.00. The molecular formula is C11H25NO. The Balaban J connectivity index is 3.00. The Morgan fingerprint density at radius 1 is 0.923 bits per heavy atom. The maximum Gasteiger partial charge on any atom is 0.0598 e. The quantitative estimate of drug-likeness (QED) is 0.622. The number of unbranched alkanes of at least 4 members (excludes halogenated alkanes) is 4. The molecule has 0 saturated carbocycles. The second kappa shape index (κ2) is 7.34. The standard InChI is InChI=1S/C11H25NO/c1-11(2,3)13-10-8-6-4-5-7-9-12/h4-10,12H2,1-3H3. The molecule has 0 fully saturated rings. The van der Waals surface area contributed by atoms with E-state index >= 15 is 0 Å². The fourth-order valence-corrected chi connectivity index (χ4v) is 1.16. The second-order valence-electron chi connectivity index (χ2n) is 4.52. The minimum Gasteiger partial charge on any atom is -0.376 e. The Kier molecular flexibility index (Phi) is 7.29. The molecule has 80 valence electrons. The van der Waals surface area contributed by atoms with E-state index in [9.17, 15) is 0 Å². The van der Waals surface area contributed by atoms with Crippen molar-refractivity contribution in [2.45, 2.75) is 58.5 Å². The fourth-order valence-electron chi connectivity index (χ4n) is 1.16. The highest BCUT2D eigenvalue weighted by Gasteiger charge is 2.08. The number of nitrogens with two attached hydrogens (primary N) is 1. The zero-order chi connectivity index (χ0) is 10.2. The number of hydrogen-bond acceptors (Lipinski definition) is 2. The molecule has 0 rings (SSSR count). The second-order valence-corrected chi connectivity index (χ2v) is 4.52. The molecule has 0 aromatic heterocycles. The van der Waals surface area contributed by atoms with Crippen molar-refractivity contribution < 1.29 is 4.74 Å². The first-order chi connectivity index (χ1) is 6.06. The SMILES string of the molecule is CC(C)(C)OCCCCCCCN. The molecular weight excluding hydrogens is 162 g/mol. The van der Waals surface area contributed by atoms with Crippen LogP contribution < -0.4 is 5.73 Å². The summed E-state index contributed by atoms with van der Waals surface area (Å²) in [6.07, 6.45) is 6.19. The highest BCUT2D eigenvalue weighted by molar-refractivity contribution is 4.58. The molecule has 0 unspecified atom stereocenters. The molecule has 0 aliphatic carbocycles. The lowest BCUT2D eigenvalue weighted by atomic mass is 10.1. The van der Waals surface area contributed by atoms with E-state index in [1.54, 1.807) is 0 Å². The van der Waals surface area contributed by atoms with E-state index in [1.807, 2.05) is 0 Å². The van der Waals surface area contributed by atoms with Gasteiger partial charge in [0.15, 0.2) is 0 Å². The van der Waals surface area contributed by atoms with Crippen LogP contribution >= 0.6 is 0 Å². The van der Waals surface area contributed by atoms with Crippen molar-refractivity contribution in [1.29, 1.82) is 0 Å². The van der Waals surface area contributed by atoms with Crippen molar-refractivity contribution in [3.05, 3.63) is 0 Å². The molecule has 0 bridgehead atoms. The van der Waals surface area contributed by atoms with E-state index in [0.717, 1.165) is 13.2 Å². The molecule has 0 radical (unpaired) electrons. The van der Waals surface area contributed by atoms with E-state index in [2.05, 4.69) is 20.8 Å². The van der Waals surface area contributed by atoms with Crippen LogP contribution in [0.3, 0.4) is 0 Å². The van der Waals surface area contributed by atoms with Crippen molar-refractivity contribution in [2.24, 2.45) is 5.73 Å². The molecule has 0 amide bonds. The normalized spacial score (nSPS) is 12.0. The maximum atomic E-state index is 5.61. The summed E-state index contributed by atoms with van der Waals surface area (Å²) in [6.45, 7) is 8.02. The van der Waals surface area contributed by atoms with Gasteiger partial charge in [-0.2, -0.15) is 0 Å². The van der Waals surface area contributed by atoms with E-state index in [0.29, 0.717) is 0 Å². The van der Waals surface area contributed by atoms with Gasteiger partial charge in [0.2, 0.25) is 0 Å². The van der Waals surface area contributed by atoms with Gasteiger partial charge in [0.05, 0.1) is 5.60 Å². The summed E-state index contributed by atoms with van der Waals surface area (Å²) in [5, 5.41) is 0. The highest BCUT2D eigenvalue weighted by Crippen LogP contribution is 2.09. The van der Waals surface area contributed by atoms with E-state index in [4.69, 9.17) is 10.5 Å². The van der Waals surface area contributed by atoms with Gasteiger partial charge >= 0.3 is 0 Å². The molecule has 0 spiro atoms. The van der Waals surface area contributed by atoms with Crippen molar-refractivity contribution in [2.75, 3.05) is 13.2 Å². The molecule has 2 N–H and O–H groups in total. The van der Waals surface area contributed by atoms with E-state index < -0.39 is 0 Å². The largest absolute Gasteiger partial charge is 0.376 e. The smallest absolute Gasteiger partial charge is 0.0598 e. The topological polar surface area (TPSA) is 35.2 Å². The van der Waals surface area contributed by atoms with Crippen LogP contribution in [0.15, 0.2) is 0 Å². The Morgan fingerprint density at radius 2 is 1.46 bits per heavy atom. The summed E-state index contributed by atoms with van der Waals surface area (Å²) < 4.78 is 5.61. The molecule has 0 aliphatic heterocycles. The highest BCUT2D eigenvalue weighted by atomic mass is 16.5. The molecule has 0 saturated heterocycles. The third-order valence-corrected chi connectivity index (χ3v) is 1.88. The summed E-state index contributed by atoms with van der Waals surface area (Å²) in [6, 6.07) is 0. The van der Waals surface area contributed by atoms with Crippen molar-refractivity contribution in [1.82, 2.24) is 0 Å². The molecule has 0 aromatic rings. The first kappa shape index (κ1) is 12.9. The Morgan fingerprint density at radius 3 is 2.00 bits per heavy atom. The van der Waals surface area contributed by atoms with Crippen molar-refractivity contribution in [3.8, 4) is 0 Å². The van der Waals surface area contributed by atoms with Crippen LogP contribution in [0.5, 0.6) is 0 Å². The van der Waals surface area contributed by atoms with Crippen LogP contribution in [-0.4, -0.2) is 18.8 Å². The van der Waals surface area contributed by atoms with Crippen LogP contribution in [0.25, 0.3) is 0 Å². The van der Waals surface area contributed by atoms with Gasteiger partial charge in [0.25, 0.3) is 0 Å².